The first-order chi connectivity index (χ1) is 16.7. The topological polar surface area (TPSA) is 96.0 Å². The Hall–Kier alpha value is -4.46. The van der Waals surface area contributed by atoms with E-state index in [-0.39, 0.29) is 16.7 Å². The van der Waals surface area contributed by atoms with Crippen LogP contribution >= 0.6 is 0 Å². The number of amides is 3. The van der Waals surface area contributed by atoms with Crippen LogP contribution in [0.3, 0.4) is 0 Å². The minimum Gasteiger partial charge on any atom is -0.449 e. The second-order valence-electron chi connectivity index (χ2n) is 8.47. The Kier molecular flexibility index (Phi) is 6.38. The van der Waals surface area contributed by atoms with E-state index in [1.807, 2.05) is 50.2 Å². The number of nitrogens with zero attached hydrogens (tertiary/aromatic N) is 2. The van der Waals surface area contributed by atoms with Gasteiger partial charge in [0.2, 0.25) is 0 Å². The Morgan fingerprint density at radius 1 is 0.914 bits per heavy atom. The highest BCUT2D eigenvalue weighted by Gasteiger charge is 2.38. The fourth-order valence-corrected chi connectivity index (χ4v) is 3.77. The van der Waals surface area contributed by atoms with E-state index in [4.69, 9.17) is 4.74 Å². The lowest BCUT2D eigenvalue weighted by atomic mass is 10.1. The van der Waals surface area contributed by atoms with Crippen LogP contribution in [0.15, 0.2) is 66.7 Å². The minimum atomic E-state index is -1.08. The lowest BCUT2D eigenvalue weighted by molar-refractivity contribution is -0.123. The summed E-state index contributed by atoms with van der Waals surface area (Å²) in [6.45, 7) is 3.27. The summed E-state index contributed by atoms with van der Waals surface area (Å²) >= 11 is 0. The van der Waals surface area contributed by atoms with Crippen molar-refractivity contribution in [3.63, 3.8) is 0 Å². The third-order valence-electron chi connectivity index (χ3n) is 5.78. The number of hydrogen-bond acceptors (Lipinski definition) is 6. The molecule has 0 saturated heterocycles. The molecule has 1 aliphatic heterocycles. The molecule has 0 aromatic heterocycles. The van der Waals surface area contributed by atoms with Gasteiger partial charge in [-0.1, -0.05) is 18.2 Å². The Bertz CT molecular complexity index is 1330. The van der Waals surface area contributed by atoms with Crippen molar-refractivity contribution in [2.75, 3.05) is 29.2 Å². The smallest absolute Gasteiger partial charge is 0.338 e. The molecule has 1 aliphatic rings. The van der Waals surface area contributed by atoms with Crippen LogP contribution < -0.4 is 15.1 Å². The normalized spacial score (nSPS) is 13.3. The van der Waals surface area contributed by atoms with E-state index < -0.39 is 29.8 Å². The SMILES string of the molecule is Cc1ccccc1N1C(=O)c2ccc(C(=O)OC(C)C(=O)Nc3ccc(N(C)C)cc3)cc2C1=O. The molecule has 0 radical (unpaired) electrons. The number of imide groups is 1. The van der Waals surface area contributed by atoms with Gasteiger partial charge in [-0.25, -0.2) is 9.69 Å². The molecule has 3 aromatic carbocycles. The van der Waals surface area contributed by atoms with Gasteiger partial charge in [0.25, 0.3) is 17.7 Å². The first-order valence-corrected chi connectivity index (χ1v) is 11.0. The molecule has 35 heavy (non-hydrogen) atoms. The highest BCUT2D eigenvalue weighted by Crippen LogP contribution is 2.31. The van der Waals surface area contributed by atoms with Crippen LogP contribution in [0.5, 0.6) is 0 Å². The van der Waals surface area contributed by atoms with Gasteiger partial charge in [-0.2, -0.15) is 0 Å². The van der Waals surface area contributed by atoms with Gasteiger partial charge in [-0.15, -0.1) is 0 Å². The van der Waals surface area contributed by atoms with Gasteiger partial charge in [-0.3, -0.25) is 14.4 Å². The zero-order valence-corrected chi connectivity index (χ0v) is 19.9. The summed E-state index contributed by atoms with van der Waals surface area (Å²) in [5.74, 6) is -2.23. The van der Waals surface area contributed by atoms with Crippen LogP contribution in [0.25, 0.3) is 0 Å². The molecule has 4 rings (SSSR count). The van der Waals surface area contributed by atoms with Crippen LogP contribution in [0.1, 0.15) is 43.6 Å². The van der Waals surface area contributed by atoms with Crippen LogP contribution in [0.2, 0.25) is 0 Å². The highest BCUT2D eigenvalue weighted by atomic mass is 16.5. The Morgan fingerprint density at radius 3 is 2.23 bits per heavy atom. The summed E-state index contributed by atoms with van der Waals surface area (Å²) in [5, 5.41) is 2.71. The summed E-state index contributed by atoms with van der Waals surface area (Å²) < 4.78 is 5.32. The van der Waals surface area contributed by atoms with Gasteiger partial charge in [0.05, 0.1) is 22.4 Å². The highest BCUT2D eigenvalue weighted by molar-refractivity contribution is 6.35. The molecule has 1 heterocycles. The number of benzene rings is 3. The second kappa shape index (κ2) is 9.42. The standard InChI is InChI=1S/C27H25N3O5/c1-16-7-5-6-8-23(16)30-25(32)21-14-9-18(15-22(21)26(30)33)27(34)35-17(2)24(31)28-19-10-12-20(13-11-19)29(3)4/h5-15,17H,1-4H3,(H,28,31). The summed E-state index contributed by atoms with van der Waals surface area (Å²) in [5.41, 5.74) is 3.22. The molecule has 8 nitrogen and oxygen atoms in total. The molecule has 1 atom stereocenters. The maximum absolute atomic E-state index is 13.0. The van der Waals surface area contributed by atoms with Crippen molar-refractivity contribution >= 4 is 40.8 Å². The van der Waals surface area contributed by atoms with Gasteiger partial charge < -0.3 is 15.0 Å². The number of carbonyl (C=O) groups excluding carboxylic acids is 4. The number of nitrogens with one attached hydrogen (secondary N) is 1. The Balaban J connectivity index is 1.46. The minimum absolute atomic E-state index is 0.0755. The summed E-state index contributed by atoms with van der Waals surface area (Å²) in [6, 6.07) is 18.5. The van der Waals surface area contributed by atoms with Crippen molar-refractivity contribution < 1.29 is 23.9 Å². The maximum Gasteiger partial charge on any atom is 0.338 e. The number of rotatable bonds is 6. The quantitative estimate of drug-likeness (QED) is 0.431. The summed E-state index contributed by atoms with van der Waals surface area (Å²) in [4.78, 5) is 54.1. The second-order valence-corrected chi connectivity index (χ2v) is 8.47. The van der Waals surface area contributed by atoms with Crippen molar-refractivity contribution in [2.45, 2.75) is 20.0 Å². The number of carbonyl (C=O) groups is 4. The van der Waals surface area contributed by atoms with Crippen molar-refractivity contribution in [1.82, 2.24) is 0 Å². The predicted molar refractivity (Wildman–Crippen MR) is 133 cm³/mol. The van der Waals surface area contributed by atoms with E-state index in [1.54, 1.807) is 24.3 Å². The van der Waals surface area contributed by atoms with Crippen LogP contribution in [0.4, 0.5) is 17.1 Å². The fraction of sp³-hybridized carbons (Fsp3) is 0.185. The number of esters is 1. The van der Waals surface area contributed by atoms with Crippen molar-refractivity contribution in [3.8, 4) is 0 Å². The van der Waals surface area contributed by atoms with Gasteiger partial charge in [-0.05, 0) is 67.9 Å². The van der Waals surface area contributed by atoms with Crippen LogP contribution in [0, 0.1) is 6.92 Å². The van der Waals surface area contributed by atoms with Crippen molar-refractivity contribution in [2.24, 2.45) is 0 Å². The molecule has 1 unspecified atom stereocenters. The number of aryl methyl sites for hydroxylation is 1. The molecular weight excluding hydrogens is 446 g/mol. The number of hydrogen-bond donors (Lipinski definition) is 1. The third-order valence-corrected chi connectivity index (χ3v) is 5.78. The summed E-state index contributed by atoms with van der Waals surface area (Å²) in [6.07, 6.45) is -1.08. The van der Waals surface area contributed by atoms with E-state index in [0.29, 0.717) is 11.4 Å². The lowest BCUT2D eigenvalue weighted by Gasteiger charge is -2.16. The molecule has 0 aliphatic carbocycles. The largest absolute Gasteiger partial charge is 0.449 e. The van der Waals surface area contributed by atoms with Crippen molar-refractivity contribution in [3.05, 3.63) is 89.0 Å². The third kappa shape index (κ3) is 4.63. The molecule has 0 fully saturated rings. The zero-order valence-electron chi connectivity index (χ0n) is 19.9. The van der Waals surface area contributed by atoms with Gasteiger partial charge in [0, 0.05) is 25.5 Å². The number of para-hydroxylation sites is 1. The zero-order chi connectivity index (χ0) is 25.3. The van der Waals surface area contributed by atoms with Crippen LogP contribution in [-0.4, -0.2) is 43.9 Å². The molecule has 178 valence electrons. The Morgan fingerprint density at radius 2 is 1.57 bits per heavy atom. The van der Waals surface area contributed by atoms with Gasteiger partial charge in [0.15, 0.2) is 6.10 Å². The Labute approximate surface area is 203 Å². The van der Waals surface area contributed by atoms with E-state index in [0.717, 1.165) is 16.2 Å². The molecule has 8 heteroatoms. The van der Waals surface area contributed by atoms with E-state index in [1.165, 1.54) is 25.1 Å². The van der Waals surface area contributed by atoms with Crippen molar-refractivity contribution in [1.29, 1.82) is 0 Å². The van der Waals surface area contributed by atoms with Crippen LogP contribution in [-0.2, 0) is 9.53 Å². The van der Waals surface area contributed by atoms with E-state index in [9.17, 15) is 19.2 Å². The first kappa shape index (κ1) is 23.7. The first-order valence-electron chi connectivity index (χ1n) is 11.0. The molecular formula is C27H25N3O5. The average Bonchev–Trinajstić information content (AvgIpc) is 3.09. The molecule has 3 amide bonds. The maximum atomic E-state index is 13.0. The van der Waals surface area contributed by atoms with Gasteiger partial charge in [0.1, 0.15) is 0 Å². The van der Waals surface area contributed by atoms with E-state index >= 15 is 0 Å². The lowest BCUT2D eigenvalue weighted by Crippen LogP contribution is -2.30. The summed E-state index contributed by atoms with van der Waals surface area (Å²) in [7, 11) is 3.83. The molecule has 0 bridgehead atoms. The molecule has 1 N–H and O–H groups in total. The average molecular weight is 472 g/mol. The number of fused-ring (bicyclic) bond motifs is 1. The molecule has 3 aromatic rings. The van der Waals surface area contributed by atoms with Gasteiger partial charge >= 0.3 is 5.97 Å². The number of anilines is 3. The fourth-order valence-electron chi connectivity index (χ4n) is 3.77. The number of ether oxygens (including phenoxy) is 1. The predicted octanol–water partition coefficient (Wildman–Crippen LogP) is 4.05. The molecule has 0 spiro atoms. The monoisotopic (exact) mass is 471 g/mol. The molecule has 0 saturated carbocycles. The van der Waals surface area contributed by atoms with E-state index in [2.05, 4.69) is 5.32 Å².